The lowest BCUT2D eigenvalue weighted by atomic mass is 10.1. The molecule has 0 saturated heterocycles. The van der Waals surface area contributed by atoms with Gasteiger partial charge in [-0.2, -0.15) is 0 Å². The summed E-state index contributed by atoms with van der Waals surface area (Å²) in [6.45, 7) is 7.60. The molecule has 0 aromatic heterocycles. The molecule has 0 aliphatic carbocycles. The third-order valence-corrected chi connectivity index (χ3v) is 2.17. The molecule has 0 bridgehead atoms. The maximum Gasteiger partial charge on any atom is 0.306 e. The van der Waals surface area contributed by atoms with Crippen LogP contribution < -0.4 is 5.32 Å². The second-order valence-electron chi connectivity index (χ2n) is 5.35. The zero-order chi connectivity index (χ0) is 15.1. The Bertz CT molecular complexity index is 334. The summed E-state index contributed by atoms with van der Waals surface area (Å²) in [5.74, 6) is -0.875. The Kier molecular flexibility index (Phi) is 7.11. The topological polar surface area (TPSA) is 75.7 Å². The Morgan fingerprint density at radius 3 is 2.21 bits per heavy atom. The van der Waals surface area contributed by atoms with Crippen LogP contribution in [0.2, 0.25) is 0 Å². The largest absolute Gasteiger partial charge is 0.466 e. The number of nitrogens with one attached hydrogen (secondary N) is 1. The van der Waals surface area contributed by atoms with Gasteiger partial charge in [-0.25, -0.2) is 0 Å². The van der Waals surface area contributed by atoms with E-state index >= 15 is 0 Å². The average molecular weight is 272 g/mol. The molecule has 110 valence electrons. The molecule has 0 aliphatic heterocycles. The van der Waals surface area contributed by atoms with Gasteiger partial charge in [0.05, 0.1) is 19.6 Å². The molecular weight excluding hydrogens is 248 g/mol. The average Bonchev–Trinajstić information content (AvgIpc) is 2.23. The van der Waals surface area contributed by atoms with Crippen molar-refractivity contribution in [3.63, 3.8) is 0 Å². The lowest BCUT2D eigenvalue weighted by Gasteiger charge is -2.23. The molecule has 0 aromatic carbocycles. The molecule has 0 saturated carbocycles. The molecule has 0 fully saturated rings. The summed E-state index contributed by atoms with van der Waals surface area (Å²) in [4.78, 5) is 35.7. The standard InChI is InChI=1S/C13H24N2O4/c1-6-19-12(18)8-7-11(17)15(5)9-10(16)14-13(2,3)4/h6-9H2,1-5H3,(H,14,16). The molecule has 0 atom stereocenters. The minimum absolute atomic E-state index is 0.0150. The zero-order valence-corrected chi connectivity index (χ0v) is 12.4. The third-order valence-electron chi connectivity index (χ3n) is 2.17. The van der Waals surface area contributed by atoms with Crippen LogP contribution in [0.15, 0.2) is 0 Å². The van der Waals surface area contributed by atoms with Gasteiger partial charge in [-0.3, -0.25) is 14.4 Å². The molecule has 19 heavy (non-hydrogen) atoms. The number of carbonyl (C=O) groups is 3. The fraction of sp³-hybridized carbons (Fsp3) is 0.769. The van der Waals surface area contributed by atoms with Crippen molar-refractivity contribution >= 4 is 17.8 Å². The fourth-order valence-corrected chi connectivity index (χ4v) is 1.39. The van der Waals surface area contributed by atoms with Crippen molar-refractivity contribution in [2.24, 2.45) is 0 Å². The van der Waals surface area contributed by atoms with Gasteiger partial charge in [0.25, 0.3) is 0 Å². The van der Waals surface area contributed by atoms with Gasteiger partial charge < -0.3 is 15.0 Å². The van der Waals surface area contributed by atoms with Crippen molar-refractivity contribution in [1.29, 1.82) is 0 Å². The van der Waals surface area contributed by atoms with Gasteiger partial charge >= 0.3 is 5.97 Å². The minimum atomic E-state index is -0.400. The van der Waals surface area contributed by atoms with E-state index in [0.717, 1.165) is 0 Å². The number of nitrogens with zero attached hydrogens (tertiary/aromatic N) is 1. The Hall–Kier alpha value is -1.59. The van der Waals surface area contributed by atoms with Crippen molar-refractivity contribution in [3.05, 3.63) is 0 Å². The molecule has 0 aromatic rings. The van der Waals surface area contributed by atoms with Gasteiger partial charge in [-0.1, -0.05) is 0 Å². The number of rotatable bonds is 6. The normalized spacial score (nSPS) is 10.8. The Morgan fingerprint density at radius 2 is 1.74 bits per heavy atom. The number of hydrogen-bond acceptors (Lipinski definition) is 4. The molecule has 0 rings (SSSR count). The first-order valence-corrected chi connectivity index (χ1v) is 6.36. The molecule has 0 heterocycles. The quantitative estimate of drug-likeness (QED) is 0.722. The van der Waals surface area contributed by atoms with Gasteiger partial charge in [-0.05, 0) is 27.7 Å². The summed E-state index contributed by atoms with van der Waals surface area (Å²) in [6.07, 6.45) is 0.0933. The van der Waals surface area contributed by atoms with E-state index in [0.29, 0.717) is 6.61 Å². The smallest absolute Gasteiger partial charge is 0.306 e. The van der Waals surface area contributed by atoms with E-state index < -0.39 is 5.97 Å². The number of likely N-dealkylation sites (N-methyl/N-ethyl adjacent to an activating group) is 1. The molecular formula is C13H24N2O4. The van der Waals surface area contributed by atoms with Crippen LogP contribution in [0, 0.1) is 0 Å². The van der Waals surface area contributed by atoms with E-state index in [2.05, 4.69) is 5.32 Å². The molecule has 0 radical (unpaired) electrons. The fourth-order valence-electron chi connectivity index (χ4n) is 1.39. The van der Waals surface area contributed by atoms with E-state index in [1.807, 2.05) is 20.8 Å². The van der Waals surface area contributed by atoms with Gasteiger partial charge in [0.2, 0.25) is 11.8 Å². The van der Waals surface area contributed by atoms with Gasteiger partial charge in [-0.15, -0.1) is 0 Å². The van der Waals surface area contributed by atoms with E-state index in [-0.39, 0.29) is 36.7 Å². The highest BCUT2D eigenvalue weighted by molar-refractivity contribution is 5.86. The summed E-state index contributed by atoms with van der Waals surface area (Å²) in [6, 6.07) is 0. The van der Waals surface area contributed by atoms with Crippen molar-refractivity contribution in [3.8, 4) is 0 Å². The van der Waals surface area contributed by atoms with Crippen LogP contribution in [0.3, 0.4) is 0 Å². The molecule has 6 nitrogen and oxygen atoms in total. The van der Waals surface area contributed by atoms with E-state index in [4.69, 9.17) is 4.74 Å². The van der Waals surface area contributed by atoms with Gasteiger partial charge in [0, 0.05) is 19.0 Å². The van der Waals surface area contributed by atoms with Crippen molar-refractivity contribution < 1.29 is 19.1 Å². The van der Waals surface area contributed by atoms with Crippen LogP contribution in [0.5, 0.6) is 0 Å². The summed E-state index contributed by atoms with van der Waals surface area (Å²) in [5, 5.41) is 2.77. The number of amides is 2. The van der Waals surface area contributed by atoms with Crippen molar-refractivity contribution in [2.75, 3.05) is 20.2 Å². The summed E-state index contributed by atoms with van der Waals surface area (Å²) in [7, 11) is 1.54. The second kappa shape index (κ2) is 7.76. The second-order valence-corrected chi connectivity index (χ2v) is 5.35. The van der Waals surface area contributed by atoms with E-state index in [1.54, 1.807) is 6.92 Å². The minimum Gasteiger partial charge on any atom is -0.466 e. The number of hydrogen-bond donors (Lipinski definition) is 1. The van der Waals surface area contributed by atoms with Crippen molar-refractivity contribution in [1.82, 2.24) is 10.2 Å². The molecule has 1 N–H and O–H groups in total. The van der Waals surface area contributed by atoms with Crippen LogP contribution in [0.4, 0.5) is 0 Å². The van der Waals surface area contributed by atoms with Crippen LogP contribution in [0.1, 0.15) is 40.5 Å². The van der Waals surface area contributed by atoms with Gasteiger partial charge in [0.15, 0.2) is 0 Å². The van der Waals surface area contributed by atoms with Crippen LogP contribution >= 0.6 is 0 Å². The highest BCUT2D eigenvalue weighted by atomic mass is 16.5. The van der Waals surface area contributed by atoms with Crippen LogP contribution in [-0.2, 0) is 19.1 Å². The molecule has 2 amide bonds. The highest BCUT2D eigenvalue weighted by Gasteiger charge is 2.18. The highest BCUT2D eigenvalue weighted by Crippen LogP contribution is 2.00. The van der Waals surface area contributed by atoms with Crippen molar-refractivity contribution in [2.45, 2.75) is 46.1 Å². The first kappa shape index (κ1) is 17.4. The maximum absolute atomic E-state index is 11.7. The Morgan fingerprint density at radius 1 is 1.16 bits per heavy atom. The summed E-state index contributed by atoms with van der Waals surface area (Å²) in [5.41, 5.74) is -0.327. The molecule has 6 heteroatoms. The van der Waals surface area contributed by atoms with Crippen LogP contribution in [0.25, 0.3) is 0 Å². The number of ether oxygens (including phenoxy) is 1. The molecule has 0 unspecified atom stereocenters. The maximum atomic E-state index is 11.7. The van der Waals surface area contributed by atoms with E-state index in [1.165, 1.54) is 11.9 Å². The monoisotopic (exact) mass is 272 g/mol. The molecule has 0 aliphatic rings. The zero-order valence-electron chi connectivity index (χ0n) is 12.4. The summed E-state index contributed by atoms with van der Waals surface area (Å²) < 4.78 is 4.73. The number of carbonyl (C=O) groups excluding carboxylic acids is 3. The first-order chi connectivity index (χ1) is 8.65. The first-order valence-electron chi connectivity index (χ1n) is 6.36. The third kappa shape index (κ3) is 9.04. The predicted molar refractivity (Wildman–Crippen MR) is 71.4 cm³/mol. The van der Waals surface area contributed by atoms with Gasteiger partial charge in [0.1, 0.15) is 0 Å². The lowest BCUT2D eigenvalue weighted by Crippen LogP contribution is -2.46. The lowest BCUT2D eigenvalue weighted by molar-refractivity contribution is -0.145. The van der Waals surface area contributed by atoms with Crippen LogP contribution in [-0.4, -0.2) is 48.4 Å². The number of esters is 1. The Balaban J connectivity index is 4.07. The summed E-state index contributed by atoms with van der Waals surface area (Å²) >= 11 is 0. The van der Waals surface area contributed by atoms with E-state index in [9.17, 15) is 14.4 Å². The predicted octanol–water partition coefficient (Wildman–Crippen LogP) is 0.703. The molecule has 0 spiro atoms. The Labute approximate surface area is 114 Å². The SMILES string of the molecule is CCOC(=O)CCC(=O)N(C)CC(=O)NC(C)(C)C.